The summed E-state index contributed by atoms with van der Waals surface area (Å²) in [6, 6.07) is 12.2. The summed E-state index contributed by atoms with van der Waals surface area (Å²) in [6.45, 7) is 1.12. The molecule has 0 aliphatic carbocycles. The van der Waals surface area contributed by atoms with Gasteiger partial charge < -0.3 is 10.0 Å². The average molecular weight is 415 g/mol. The fraction of sp³-hybridized carbons (Fsp3) is 0.273. The number of amides is 2. The predicted octanol–water partition coefficient (Wildman–Crippen LogP) is 3.47. The lowest BCUT2D eigenvalue weighted by Crippen LogP contribution is -2.40. The Morgan fingerprint density at radius 1 is 1.10 bits per heavy atom. The number of aliphatic hydroxyl groups is 1. The Hall–Kier alpha value is -2.70. The number of likely N-dealkylation sites (tertiary alicyclic amines) is 1. The van der Waals surface area contributed by atoms with E-state index in [-0.39, 0.29) is 23.8 Å². The lowest BCUT2D eigenvalue weighted by Gasteiger charge is -2.34. The maximum absolute atomic E-state index is 13.8. The molecular formula is C22H20ClFN2O3. The number of anilines is 1. The van der Waals surface area contributed by atoms with E-state index in [4.69, 9.17) is 11.6 Å². The Kier molecular flexibility index (Phi) is 5.39. The summed E-state index contributed by atoms with van der Waals surface area (Å²) >= 11 is 5.99. The molecule has 2 aliphatic rings. The maximum atomic E-state index is 13.8. The SMILES string of the molecule is O=C1C(c2ccc(Cl)cc2)=C(N2CCCC(CO)C2)C(=O)N1c1cccc(F)c1. The third-order valence-electron chi connectivity index (χ3n) is 5.35. The van der Waals surface area contributed by atoms with Crippen LogP contribution in [0.4, 0.5) is 10.1 Å². The van der Waals surface area contributed by atoms with Crippen molar-refractivity contribution in [3.8, 4) is 0 Å². The van der Waals surface area contributed by atoms with Crippen LogP contribution in [0.3, 0.4) is 0 Å². The van der Waals surface area contributed by atoms with Crippen LogP contribution in [0.5, 0.6) is 0 Å². The number of hydrogen-bond acceptors (Lipinski definition) is 4. The van der Waals surface area contributed by atoms with E-state index in [2.05, 4.69) is 0 Å². The second kappa shape index (κ2) is 7.97. The van der Waals surface area contributed by atoms with Crippen molar-refractivity contribution in [1.82, 2.24) is 4.90 Å². The molecule has 2 aliphatic heterocycles. The molecule has 7 heteroatoms. The number of nitrogens with zero attached hydrogens (tertiary/aromatic N) is 2. The molecule has 1 unspecified atom stereocenters. The molecule has 2 aromatic carbocycles. The summed E-state index contributed by atoms with van der Waals surface area (Å²) < 4.78 is 13.8. The van der Waals surface area contributed by atoms with Crippen LogP contribution in [-0.2, 0) is 9.59 Å². The summed E-state index contributed by atoms with van der Waals surface area (Å²) in [5.74, 6) is -1.47. The van der Waals surface area contributed by atoms with Crippen molar-refractivity contribution in [2.24, 2.45) is 5.92 Å². The number of piperidine rings is 1. The zero-order chi connectivity index (χ0) is 20.5. The minimum absolute atomic E-state index is 0.0236. The molecule has 1 saturated heterocycles. The summed E-state index contributed by atoms with van der Waals surface area (Å²) in [7, 11) is 0. The molecule has 1 N–H and O–H groups in total. The molecule has 0 saturated carbocycles. The first-order valence-corrected chi connectivity index (χ1v) is 9.87. The monoisotopic (exact) mass is 414 g/mol. The Labute approximate surface area is 173 Å². The third kappa shape index (κ3) is 3.66. The van der Waals surface area contributed by atoms with E-state index in [0.717, 1.165) is 17.7 Å². The molecule has 5 nitrogen and oxygen atoms in total. The van der Waals surface area contributed by atoms with Crippen molar-refractivity contribution in [2.45, 2.75) is 12.8 Å². The number of rotatable bonds is 4. The van der Waals surface area contributed by atoms with Crippen LogP contribution in [0.1, 0.15) is 18.4 Å². The van der Waals surface area contributed by atoms with Gasteiger partial charge in [-0.2, -0.15) is 0 Å². The number of benzene rings is 2. The second-order valence-corrected chi connectivity index (χ2v) is 7.73. The molecular weight excluding hydrogens is 395 g/mol. The Balaban J connectivity index is 1.82. The van der Waals surface area contributed by atoms with E-state index >= 15 is 0 Å². The van der Waals surface area contributed by atoms with Gasteiger partial charge in [-0.15, -0.1) is 0 Å². The number of aliphatic hydroxyl groups excluding tert-OH is 1. The van der Waals surface area contributed by atoms with Crippen LogP contribution in [-0.4, -0.2) is 41.5 Å². The molecule has 0 aromatic heterocycles. The zero-order valence-corrected chi connectivity index (χ0v) is 16.4. The Morgan fingerprint density at radius 2 is 1.86 bits per heavy atom. The van der Waals surface area contributed by atoms with E-state index in [9.17, 15) is 19.1 Å². The van der Waals surface area contributed by atoms with Gasteiger partial charge in [0.25, 0.3) is 11.8 Å². The number of hydrogen-bond donors (Lipinski definition) is 1. The fourth-order valence-electron chi connectivity index (χ4n) is 3.96. The van der Waals surface area contributed by atoms with Gasteiger partial charge in [0.15, 0.2) is 0 Å². The highest BCUT2D eigenvalue weighted by atomic mass is 35.5. The fourth-order valence-corrected chi connectivity index (χ4v) is 4.08. The van der Waals surface area contributed by atoms with Crippen molar-refractivity contribution in [3.05, 3.63) is 70.6 Å². The zero-order valence-electron chi connectivity index (χ0n) is 15.6. The van der Waals surface area contributed by atoms with Gasteiger partial charge in [0, 0.05) is 24.7 Å². The Bertz CT molecular complexity index is 990. The molecule has 1 atom stereocenters. The lowest BCUT2D eigenvalue weighted by atomic mass is 9.97. The van der Waals surface area contributed by atoms with Crippen molar-refractivity contribution in [3.63, 3.8) is 0 Å². The quantitative estimate of drug-likeness (QED) is 0.778. The third-order valence-corrected chi connectivity index (χ3v) is 5.60. The van der Waals surface area contributed by atoms with Crippen LogP contribution in [0.15, 0.2) is 54.2 Å². The highest BCUT2D eigenvalue weighted by molar-refractivity contribution is 6.45. The molecule has 2 amide bonds. The molecule has 2 heterocycles. The van der Waals surface area contributed by atoms with E-state index in [1.807, 2.05) is 4.90 Å². The van der Waals surface area contributed by atoms with E-state index in [1.165, 1.54) is 24.3 Å². The molecule has 0 spiro atoms. The average Bonchev–Trinajstić information content (AvgIpc) is 2.99. The number of imide groups is 1. The molecule has 150 valence electrons. The van der Waals surface area contributed by atoms with Gasteiger partial charge in [-0.05, 0) is 54.7 Å². The summed E-state index contributed by atoms with van der Waals surface area (Å²) in [5, 5.41) is 10.1. The van der Waals surface area contributed by atoms with Crippen LogP contribution < -0.4 is 4.90 Å². The van der Waals surface area contributed by atoms with Crippen LogP contribution in [0, 0.1) is 11.7 Å². The lowest BCUT2D eigenvalue weighted by molar-refractivity contribution is -0.120. The van der Waals surface area contributed by atoms with E-state index in [1.54, 1.807) is 24.3 Å². The normalized spacial score (nSPS) is 20.0. The number of halogens is 2. The van der Waals surface area contributed by atoms with Crippen molar-refractivity contribution < 1.29 is 19.1 Å². The molecule has 0 bridgehead atoms. The molecule has 4 rings (SSSR count). The molecule has 29 heavy (non-hydrogen) atoms. The van der Waals surface area contributed by atoms with Gasteiger partial charge in [-0.25, -0.2) is 9.29 Å². The van der Waals surface area contributed by atoms with E-state index < -0.39 is 17.6 Å². The van der Waals surface area contributed by atoms with Gasteiger partial charge in [-0.3, -0.25) is 9.59 Å². The summed E-state index contributed by atoms with van der Waals surface area (Å²) in [5.41, 5.74) is 1.33. The van der Waals surface area contributed by atoms with Crippen LogP contribution in [0.25, 0.3) is 5.57 Å². The number of carbonyl (C=O) groups is 2. The molecule has 2 aromatic rings. The Morgan fingerprint density at radius 3 is 2.55 bits per heavy atom. The number of carbonyl (C=O) groups excluding carboxylic acids is 2. The first-order valence-electron chi connectivity index (χ1n) is 9.50. The summed E-state index contributed by atoms with van der Waals surface area (Å²) in [4.78, 5) is 29.6. The highest BCUT2D eigenvalue weighted by Crippen LogP contribution is 2.36. The topological polar surface area (TPSA) is 60.9 Å². The van der Waals surface area contributed by atoms with Crippen LogP contribution in [0.2, 0.25) is 5.02 Å². The first-order chi connectivity index (χ1) is 14.0. The first kappa shape index (κ1) is 19.6. The van der Waals surface area contributed by atoms with Crippen LogP contribution >= 0.6 is 11.6 Å². The van der Waals surface area contributed by atoms with E-state index in [0.29, 0.717) is 29.4 Å². The second-order valence-electron chi connectivity index (χ2n) is 7.29. The van der Waals surface area contributed by atoms with Gasteiger partial charge in [0.2, 0.25) is 0 Å². The van der Waals surface area contributed by atoms with Gasteiger partial charge in [-0.1, -0.05) is 29.8 Å². The largest absolute Gasteiger partial charge is 0.396 e. The molecule has 1 fully saturated rings. The van der Waals surface area contributed by atoms with Gasteiger partial charge >= 0.3 is 0 Å². The highest BCUT2D eigenvalue weighted by Gasteiger charge is 2.43. The van der Waals surface area contributed by atoms with Crippen molar-refractivity contribution >= 4 is 34.7 Å². The standard InChI is InChI=1S/C22H20ClFN2O3/c23-16-8-6-15(7-9-16)19-20(25-10-2-3-14(12-25)13-27)22(29)26(21(19)28)18-5-1-4-17(24)11-18/h1,4-9,11,14,27H,2-3,10,12-13H2. The maximum Gasteiger partial charge on any atom is 0.282 e. The minimum Gasteiger partial charge on any atom is -0.396 e. The molecule has 0 radical (unpaired) electrons. The minimum atomic E-state index is -0.525. The predicted molar refractivity (Wildman–Crippen MR) is 109 cm³/mol. The van der Waals surface area contributed by atoms with Gasteiger partial charge in [0.05, 0.1) is 11.3 Å². The van der Waals surface area contributed by atoms with Crippen molar-refractivity contribution in [1.29, 1.82) is 0 Å². The summed E-state index contributed by atoms with van der Waals surface area (Å²) in [6.07, 6.45) is 1.68. The van der Waals surface area contributed by atoms with Gasteiger partial charge in [0.1, 0.15) is 11.5 Å². The smallest absolute Gasteiger partial charge is 0.282 e. The van der Waals surface area contributed by atoms with Crippen molar-refractivity contribution in [2.75, 3.05) is 24.6 Å².